The van der Waals surface area contributed by atoms with Crippen molar-refractivity contribution in [2.75, 3.05) is 20.2 Å². The van der Waals surface area contributed by atoms with Crippen LogP contribution in [0.3, 0.4) is 0 Å². The van der Waals surface area contributed by atoms with Gasteiger partial charge in [0.15, 0.2) is 0 Å². The topological polar surface area (TPSA) is 276 Å². The van der Waals surface area contributed by atoms with Crippen molar-refractivity contribution < 1.29 is 80.7 Å². The quantitative estimate of drug-likeness (QED) is 0.0828. The van der Waals surface area contributed by atoms with Crippen LogP contribution < -0.4 is 16.4 Å². The van der Waals surface area contributed by atoms with Crippen LogP contribution in [0.15, 0.2) is 0 Å². The Hall–Kier alpha value is -4.47. The summed E-state index contributed by atoms with van der Waals surface area (Å²) in [6, 6.07) is -2.26. The summed E-state index contributed by atoms with van der Waals surface area (Å²) in [5.41, 5.74) is 4.30. The largest absolute Gasteiger partial charge is 0.467 e. The number of hydrogen-bond acceptors (Lipinski definition) is 18. The molecule has 0 aromatic carbocycles. The fraction of sp³-hybridized carbons (Fsp3) is 0.894. The predicted octanol–water partition coefficient (Wildman–Crippen LogP) is 10.8. The molecule has 15 atom stereocenters. The molecule has 10 fully saturated rings. The van der Waals surface area contributed by atoms with Gasteiger partial charge in [0.2, 0.25) is 5.91 Å². The van der Waals surface area contributed by atoms with E-state index in [1.165, 1.54) is 31.8 Å². The van der Waals surface area contributed by atoms with Crippen LogP contribution in [0.4, 0.5) is 14.4 Å². The average Bonchev–Trinajstić information content (AvgIpc) is 1.29. The van der Waals surface area contributed by atoms with E-state index in [9.17, 15) is 28.8 Å². The highest BCUT2D eigenvalue weighted by Gasteiger charge is 2.68. The van der Waals surface area contributed by atoms with Gasteiger partial charge in [-0.2, -0.15) is 9.59 Å². The van der Waals surface area contributed by atoms with Crippen molar-refractivity contribution in [1.82, 2.24) is 20.4 Å². The van der Waals surface area contributed by atoms with Crippen LogP contribution in [0.5, 0.6) is 0 Å². The summed E-state index contributed by atoms with van der Waals surface area (Å²) in [6.07, 6.45) is 8.64. The molecule has 0 unspecified atom stereocenters. The third-order valence-corrected chi connectivity index (χ3v) is 19.7. The van der Waals surface area contributed by atoms with Gasteiger partial charge in [0, 0.05) is 43.9 Å². The highest BCUT2D eigenvalue weighted by Crippen LogP contribution is 2.66. The molecule has 4 bridgehead atoms. The van der Waals surface area contributed by atoms with Gasteiger partial charge in [0.25, 0.3) is 0 Å². The Morgan fingerprint density at radius 1 is 0.700 bits per heavy atom. The van der Waals surface area contributed by atoms with Crippen molar-refractivity contribution in [1.29, 1.82) is 0 Å². The van der Waals surface area contributed by atoms with Gasteiger partial charge in [-0.1, -0.05) is 61.8 Å². The highest BCUT2D eigenvalue weighted by atomic mass is 16.7. The van der Waals surface area contributed by atoms with E-state index < -0.39 is 47.0 Å². The maximum Gasteiger partial charge on any atom is 0.457 e. The number of esters is 2. The van der Waals surface area contributed by atoms with Crippen LogP contribution >= 0.6 is 0 Å². The smallest absolute Gasteiger partial charge is 0.457 e. The van der Waals surface area contributed by atoms with E-state index in [-0.39, 0.29) is 117 Å². The molecular formula is C66H117B2N5O17. The van der Waals surface area contributed by atoms with Gasteiger partial charge in [-0.15, -0.1) is 0 Å². The molecule has 6 saturated carbocycles. The number of hydrogen-bond donors (Lipinski definition) is 3. The molecule has 514 valence electrons. The van der Waals surface area contributed by atoms with Crippen LogP contribution in [0.25, 0.3) is 0 Å². The zero-order valence-electron chi connectivity index (χ0n) is 58.3. The maximum absolute atomic E-state index is 13.7. The van der Waals surface area contributed by atoms with Crippen LogP contribution in [-0.4, -0.2) is 163 Å². The molecule has 4 amide bonds. The summed E-state index contributed by atoms with van der Waals surface area (Å²) in [6.45, 7) is 43.8. The number of amides is 4. The first-order valence-electron chi connectivity index (χ1n) is 32.7. The van der Waals surface area contributed by atoms with Crippen LogP contribution in [0.1, 0.15) is 218 Å². The summed E-state index contributed by atoms with van der Waals surface area (Å²) in [7, 11) is 0.868. The van der Waals surface area contributed by atoms with E-state index in [4.69, 9.17) is 57.6 Å². The second-order valence-corrected chi connectivity index (χ2v) is 32.4. The van der Waals surface area contributed by atoms with E-state index in [1.807, 2.05) is 62.3 Å². The van der Waals surface area contributed by atoms with Crippen molar-refractivity contribution in [3.8, 4) is 0 Å². The van der Waals surface area contributed by atoms with Gasteiger partial charge in [0.1, 0.15) is 34.5 Å². The molecular weight excluding hydrogens is 1160 g/mol. The lowest BCUT2D eigenvalue weighted by Gasteiger charge is -2.64. The molecule has 22 nitrogen and oxygen atoms in total. The van der Waals surface area contributed by atoms with Crippen LogP contribution in [0, 0.1) is 52.3 Å². The molecule has 0 aromatic rings. The summed E-state index contributed by atoms with van der Waals surface area (Å²) in [4.78, 5) is 94.5. The zero-order chi connectivity index (χ0) is 67.5. The third-order valence-electron chi connectivity index (χ3n) is 19.7. The van der Waals surface area contributed by atoms with Crippen LogP contribution in [0.2, 0.25) is 12.6 Å². The number of nitrogens with two attached hydrogens (primary N) is 1. The first-order valence-corrected chi connectivity index (χ1v) is 32.7. The Balaban J connectivity index is 0.000000336. The number of ether oxygens (including phenoxy) is 5. The molecule has 0 spiro atoms. The molecule has 4 saturated heterocycles. The molecule has 6 aliphatic carbocycles. The SMILES string of the molecule is C.CC(=O)OC(C)(C)C.CC(C)C[C@H](NC(=O)OC(C)(C)C)C(=O)N[C@H]1CN(C(=O)OC(C)(C)C)[C@H](C)[C@@H]1CCCB1O[C@@H]2[C@@H]3C[C@H](C[C@]2(C)O1)C3(C)C.COC(=O)[C@@H]1[C@H](CCCB2O[C@@H]3C[C@@H]4C[C@@H](C4(C)C)[C@]3(C)O2)[C@@H](N)CN1C(=O)OC(C)(C)C.O=C=O. The number of methoxy groups -OCH3 is 1. The predicted molar refractivity (Wildman–Crippen MR) is 342 cm³/mol. The van der Waals surface area contributed by atoms with Crippen molar-refractivity contribution in [3.05, 3.63) is 0 Å². The number of alkyl carbamates (subject to hydrolysis) is 1. The minimum atomic E-state index is -0.758. The van der Waals surface area contributed by atoms with E-state index in [0.717, 1.165) is 50.7 Å². The van der Waals surface area contributed by atoms with Crippen LogP contribution in [-0.2, 0) is 66.3 Å². The third kappa shape index (κ3) is 19.6. The lowest BCUT2D eigenvalue weighted by Crippen LogP contribution is -2.65. The summed E-state index contributed by atoms with van der Waals surface area (Å²) >= 11 is 0. The molecule has 4 aliphatic heterocycles. The fourth-order valence-corrected chi connectivity index (χ4v) is 15.4. The number of likely N-dealkylation sites (tertiary alicyclic amines) is 2. The first-order chi connectivity index (χ1) is 40.7. The second-order valence-electron chi connectivity index (χ2n) is 32.4. The highest BCUT2D eigenvalue weighted by molar-refractivity contribution is 6.45. The molecule has 24 heteroatoms. The molecule has 10 rings (SSSR count). The monoisotopic (exact) mass is 1270 g/mol. The second kappa shape index (κ2) is 29.9. The Morgan fingerprint density at radius 2 is 1.22 bits per heavy atom. The Morgan fingerprint density at radius 3 is 1.70 bits per heavy atom. The summed E-state index contributed by atoms with van der Waals surface area (Å²) < 4.78 is 52.5. The van der Waals surface area contributed by atoms with Crippen molar-refractivity contribution in [3.63, 3.8) is 0 Å². The minimum Gasteiger partial charge on any atom is -0.467 e. The minimum absolute atomic E-state index is 0. The number of nitrogens with zero attached hydrogens (tertiary/aromatic N) is 2. The van der Waals surface area contributed by atoms with E-state index in [2.05, 4.69) is 52.2 Å². The number of nitrogens with one attached hydrogen (secondary N) is 2. The van der Waals surface area contributed by atoms with E-state index in [0.29, 0.717) is 48.0 Å². The lowest BCUT2D eigenvalue weighted by atomic mass is 9.43. The van der Waals surface area contributed by atoms with Gasteiger partial charge in [-0.25, -0.2) is 19.2 Å². The van der Waals surface area contributed by atoms with Gasteiger partial charge >= 0.3 is 50.6 Å². The van der Waals surface area contributed by atoms with Gasteiger partial charge in [0.05, 0.1) is 36.6 Å². The van der Waals surface area contributed by atoms with Crippen molar-refractivity contribution >= 4 is 56.5 Å². The molecule has 90 heavy (non-hydrogen) atoms. The number of rotatable bonds is 14. The van der Waals surface area contributed by atoms with Crippen molar-refractivity contribution in [2.24, 2.45) is 58.0 Å². The normalized spacial score (nSPS) is 31.9. The molecule has 10 aliphatic rings. The Bertz CT molecular complexity index is 2500. The maximum atomic E-state index is 13.7. The van der Waals surface area contributed by atoms with E-state index >= 15 is 0 Å². The number of carbonyl (C=O) groups is 6. The molecule has 4 N–H and O–H groups in total. The lowest BCUT2D eigenvalue weighted by molar-refractivity contribution is -0.199. The van der Waals surface area contributed by atoms with Gasteiger partial charge < -0.3 is 63.6 Å². The standard InChI is InChI=1S/C34H60BN3O7.C24H41BN2O6.C6H12O2.CO2.CH4/c1-20(2)16-25(37-29(40)42-31(4,5)6)28(39)36-26-19-38(30(41)43-32(7,8)9)21(3)23(26)14-13-15-35-44-27-24-17-22(33(24,10)11)18-34(27,12)45-35;1-22(2,3)31-21(29)27-13-16(26)15(19(27)20(28)30-7)9-8-10-25-32-18-12-14-11-17(23(14,4)5)24(18,6)33-25;1-5(7)8-6(2,3)4;2-1-3;/h20-27H,13-19H2,1-12H3,(H,36,39)(H,37,40);14-19H,8-13,26H2,1-7H3;1-4H3;;1H4/t21-,22-,23+,24+,25+,26+,27-,34+;14-,15+,16-,17-,18+,19-,24-;;;/m10.../s1. The molecule has 0 radical (unpaired) electrons. The Labute approximate surface area is 539 Å². The van der Waals surface area contributed by atoms with Crippen molar-refractivity contribution in [2.45, 2.75) is 306 Å². The molecule has 4 heterocycles. The fourth-order valence-electron chi connectivity index (χ4n) is 15.4. The average molecular weight is 1270 g/mol. The zero-order valence-corrected chi connectivity index (χ0v) is 58.3. The van der Waals surface area contributed by atoms with Gasteiger partial charge in [-0.3, -0.25) is 14.5 Å². The van der Waals surface area contributed by atoms with E-state index in [1.54, 1.807) is 46.4 Å². The molecule has 0 aromatic heterocycles. The van der Waals surface area contributed by atoms with Gasteiger partial charge in [-0.05, 0) is 202 Å². The first kappa shape index (κ1) is 78.0. The summed E-state index contributed by atoms with van der Waals surface area (Å²) in [5, 5.41) is 5.98. The summed E-state index contributed by atoms with van der Waals surface area (Å²) in [5.74, 6) is 1.50. The number of carbonyl (C=O) groups excluding carboxylic acids is 8. The Kier molecular flexibility index (Phi) is 25.9.